The van der Waals surface area contributed by atoms with Crippen molar-refractivity contribution in [2.45, 2.75) is 70.3 Å². The second-order valence-electron chi connectivity index (χ2n) is 12.1. The molecular weight excluding hydrogens is 568 g/mol. The Bertz CT molecular complexity index is 1720. The van der Waals surface area contributed by atoms with Gasteiger partial charge in [0.25, 0.3) is 5.91 Å². The van der Waals surface area contributed by atoms with E-state index in [0.29, 0.717) is 30.7 Å². The number of aromatic carboxylic acids is 1. The second kappa shape index (κ2) is 12.9. The number of carboxylic acids is 1. The quantitative estimate of drug-likeness (QED) is 0.255. The summed E-state index contributed by atoms with van der Waals surface area (Å²) in [6.07, 6.45) is 6.15. The molecule has 1 aliphatic heterocycles. The minimum atomic E-state index is -1.10. The van der Waals surface area contributed by atoms with Gasteiger partial charge in [-0.3, -0.25) is 4.79 Å². The highest BCUT2D eigenvalue weighted by Crippen LogP contribution is 2.42. The Hall–Kier alpha value is -4.50. The fourth-order valence-corrected chi connectivity index (χ4v) is 7.20. The van der Waals surface area contributed by atoms with E-state index in [1.54, 1.807) is 17.9 Å². The Labute approximate surface area is 263 Å². The van der Waals surface area contributed by atoms with Crippen LogP contribution in [0.25, 0.3) is 17.1 Å². The summed E-state index contributed by atoms with van der Waals surface area (Å²) >= 11 is 0. The van der Waals surface area contributed by atoms with E-state index in [9.17, 15) is 19.8 Å². The molecule has 1 fully saturated rings. The average Bonchev–Trinajstić information content (AvgIpc) is 3.69. The van der Waals surface area contributed by atoms with Crippen LogP contribution in [0.3, 0.4) is 0 Å². The predicted molar refractivity (Wildman–Crippen MR) is 171 cm³/mol. The summed E-state index contributed by atoms with van der Waals surface area (Å²) in [4.78, 5) is 30.6. The van der Waals surface area contributed by atoms with E-state index in [1.807, 2.05) is 12.1 Å². The fraction of sp³-hybridized carbons (Fsp3) is 0.389. The summed E-state index contributed by atoms with van der Waals surface area (Å²) in [6, 6.07) is 19.1. The van der Waals surface area contributed by atoms with Crippen LogP contribution < -0.4 is 4.74 Å². The zero-order chi connectivity index (χ0) is 31.7. The highest BCUT2D eigenvalue weighted by molar-refractivity contribution is 5.90. The van der Waals surface area contributed by atoms with Crippen LogP contribution >= 0.6 is 0 Å². The lowest BCUT2D eigenvalue weighted by atomic mass is 9.83. The van der Waals surface area contributed by atoms with Gasteiger partial charge < -0.3 is 19.8 Å². The van der Waals surface area contributed by atoms with Crippen LogP contribution in [0.2, 0.25) is 0 Å². The molecule has 234 valence electrons. The first-order valence-corrected chi connectivity index (χ1v) is 15.8. The Balaban J connectivity index is 1.24. The number of carboxylic acid groups (broad SMARTS) is 1. The van der Waals surface area contributed by atoms with Gasteiger partial charge in [0.15, 0.2) is 5.82 Å². The van der Waals surface area contributed by atoms with Crippen molar-refractivity contribution in [2.75, 3.05) is 20.2 Å². The molecule has 2 aromatic carbocycles. The summed E-state index contributed by atoms with van der Waals surface area (Å²) in [7, 11) is 1.43. The van der Waals surface area contributed by atoms with Gasteiger partial charge in [-0.05, 0) is 97.2 Å². The van der Waals surface area contributed by atoms with Crippen molar-refractivity contribution in [2.24, 2.45) is 0 Å². The van der Waals surface area contributed by atoms with Crippen molar-refractivity contribution in [3.8, 4) is 23.0 Å². The zero-order valence-corrected chi connectivity index (χ0v) is 26.1. The van der Waals surface area contributed by atoms with Crippen LogP contribution in [-0.4, -0.2) is 68.1 Å². The smallest absolute Gasteiger partial charge is 0.342 e. The molecule has 9 nitrogen and oxygen atoms in total. The first-order valence-electron chi connectivity index (χ1n) is 15.8. The lowest BCUT2D eigenvalue weighted by Gasteiger charge is -2.34. The van der Waals surface area contributed by atoms with Crippen molar-refractivity contribution in [3.63, 3.8) is 0 Å². The van der Waals surface area contributed by atoms with Gasteiger partial charge in [-0.2, -0.15) is 9.78 Å². The lowest BCUT2D eigenvalue weighted by Crippen LogP contribution is -2.42. The standard InChI is InChI=1S/C36H40N4O5/c1-4-24-19-23(11-14-28(24)25-15-17-39(18-16-25)34(42)22(2)41)20-27-13-12-26-7-5-8-29(33(26)27)31-9-6-10-32(38-31)40-35(45-3)30(21-37-40)36(43)44/h5-11,14,19,21-22,25,27,41H,4,12-13,15-18,20H2,1-3H3,(H,43,44)/t22?,27-/m1/s1. The molecule has 0 saturated carbocycles. The number of aliphatic hydroxyl groups excluding tert-OH is 1. The molecule has 3 heterocycles. The summed E-state index contributed by atoms with van der Waals surface area (Å²) in [5.74, 6) is 0.123. The average molecular weight is 609 g/mol. The molecule has 9 heteroatoms. The van der Waals surface area contributed by atoms with Gasteiger partial charge in [-0.15, -0.1) is 0 Å². The number of nitrogens with zero attached hydrogens (tertiary/aromatic N) is 4. The number of aryl methyl sites for hydroxylation is 2. The summed E-state index contributed by atoms with van der Waals surface area (Å²) in [6.45, 7) is 5.12. The van der Waals surface area contributed by atoms with Crippen molar-refractivity contribution < 1.29 is 24.5 Å². The lowest BCUT2D eigenvalue weighted by molar-refractivity contribution is -0.140. The number of carbonyl (C=O) groups excluding carboxylic acids is 1. The molecular formula is C36H40N4O5. The Morgan fingerprint density at radius 2 is 1.84 bits per heavy atom. The van der Waals surface area contributed by atoms with Gasteiger partial charge in [-0.1, -0.05) is 49.4 Å². The highest BCUT2D eigenvalue weighted by Gasteiger charge is 2.29. The molecule has 0 radical (unpaired) electrons. The molecule has 4 aromatic rings. The van der Waals surface area contributed by atoms with Crippen molar-refractivity contribution in [3.05, 3.63) is 94.2 Å². The van der Waals surface area contributed by atoms with Crippen LogP contribution in [0, 0.1) is 0 Å². The number of likely N-dealkylation sites (tertiary alicyclic amines) is 1. The minimum Gasteiger partial charge on any atom is -0.480 e. The first kappa shape index (κ1) is 30.5. The molecule has 0 spiro atoms. The molecule has 0 bridgehead atoms. The predicted octanol–water partition coefficient (Wildman–Crippen LogP) is 5.56. The Morgan fingerprint density at radius 1 is 1.07 bits per heavy atom. The maximum absolute atomic E-state index is 12.3. The first-order chi connectivity index (χ1) is 21.8. The number of aromatic nitrogens is 3. The van der Waals surface area contributed by atoms with Gasteiger partial charge in [0.1, 0.15) is 11.7 Å². The zero-order valence-electron chi connectivity index (χ0n) is 26.1. The molecule has 2 N–H and O–H groups in total. The number of methoxy groups -OCH3 is 1. The number of aliphatic hydroxyl groups is 1. The SMILES string of the molecule is CCc1cc(C[C@H]2CCc3cccc(-c4cccc(-n5ncc(C(=O)O)c5OC)n4)c32)ccc1C1CCN(C(=O)C(C)O)CC1. The van der Waals surface area contributed by atoms with Crippen molar-refractivity contribution in [1.29, 1.82) is 0 Å². The maximum atomic E-state index is 12.3. The van der Waals surface area contributed by atoms with E-state index < -0.39 is 12.1 Å². The minimum absolute atomic E-state index is 0.0141. The summed E-state index contributed by atoms with van der Waals surface area (Å²) in [5.41, 5.74) is 8.66. The van der Waals surface area contributed by atoms with Crippen LogP contribution in [0.4, 0.5) is 0 Å². The third-order valence-electron chi connectivity index (χ3n) is 9.42. The number of pyridine rings is 1. The number of hydrogen-bond donors (Lipinski definition) is 2. The van der Waals surface area contributed by atoms with E-state index >= 15 is 0 Å². The third kappa shape index (κ3) is 5.96. The molecule has 1 aliphatic carbocycles. The third-order valence-corrected chi connectivity index (χ3v) is 9.42. The van der Waals surface area contributed by atoms with E-state index in [2.05, 4.69) is 48.4 Å². The van der Waals surface area contributed by atoms with Gasteiger partial charge >= 0.3 is 5.97 Å². The van der Waals surface area contributed by atoms with E-state index in [1.165, 1.54) is 45.8 Å². The van der Waals surface area contributed by atoms with Gasteiger partial charge in [0.05, 0.1) is 19.0 Å². The summed E-state index contributed by atoms with van der Waals surface area (Å²) < 4.78 is 6.81. The monoisotopic (exact) mass is 608 g/mol. The van der Waals surface area contributed by atoms with E-state index in [0.717, 1.165) is 49.8 Å². The largest absolute Gasteiger partial charge is 0.480 e. The molecule has 2 atom stereocenters. The van der Waals surface area contributed by atoms with Gasteiger partial charge in [0, 0.05) is 18.7 Å². The van der Waals surface area contributed by atoms with Crippen LogP contribution in [0.5, 0.6) is 5.88 Å². The Kier molecular flexibility index (Phi) is 8.72. The number of rotatable bonds is 9. The number of piperidine rings is 1. The number of carbonyl (C=O) groups is 2. The number of fused-ring (bicyclic) bond motifs is 1. The number of hydrogen-bond acceptors (Lipinski definition) is 6. The van der Waals surface area contributed by atoms with Crippen LogP contribution in [0.1, 0.15) is 83.1 Å². The second-order valence-corrected chi connectivity index (χ2v) is 12.1. The normalized spacial score (nSPS) is 17.2. The Morgan fingerprint density at radius 3 is 2.56 bits per heavy atom. The fourth-order valence-electron chi connectivity index (χ4n) is 7.20. The van der Waals surface area contributed by atoms with Crippen molar-refractivity contribution >= 4 is 11.9 Å². The topological polar surface area (TPSA) is 118 Å². The van der Waals surface area contributed by atoms with Gasteiger partial charge in [-0.25, -0.2) is 9.78 Å². The van der Waals surface area contributed by atoms with Gasteiger partial charge in [0.2, 0.25) is 5.88 Å². The number of benzene rings is 2. The molecule has 2 aromatic heterocycles. The highest BCUT2D eigenvalue weighted by atomic mass is 16.5. The molecule has 1 amide bonds. The van der Waals surface area contributed by atoms with E-state index in [4.69, 9.17) is 9.72 Å². The molecule has 6 rings (SSSR count). The van der Waals surface area contributed by atoms with E-state index in [-0.39, 0.29) is 17.4 Å². The molecule has 45 heavy (non-hydrogen) atoms. The number of ether oxygens (including phenoxy) is 1. The molecule has 1 saturated heterocycles. The number of amides is 1. The molecule has 2 aliphatic rings. The molecule has 1 unspecified atom stereocenters. The van der Waals surface area contributed by atoms with Crippen molar-refractivity contribution in [1.82, 2.24) is 19.7 Å². The van der Waals surface area contributed by atoms with Crippen LogP contribution in [0.15, 0.2) is 60.8 Å². The summed E-state index contributed by atoms with van der Waals surface area (Å²) in [5, 5.41) is 23.5. The maximum Gasteiger partial charge on any atom is 0.342 e. The van der Waals surface area contributed by atoms with Crippen LogP contribution in [-0.2, 0) is 24.1 Å².